The number of hydrogen-bond acceptors (Lipinski definition) is 7. The van der Waals surface area contributed by atoms with E-state index in [-0.39, 0.29) is 12.3 Å². The maximum atomic E-state index is 12.5. The lowest BCUT2D eigenvalue weighted by molar-refractivity contribution is -0.115. The van der Waals surface area contributed by atoms with E-state index in [9.17, 15) is 4.79 Å². The van der Waals surface area contributed by atoms with Gasteiger partial charge in [0, 0.05) is 34.2 Å². The third kappa shape index (κ3) is 5.44. The number of rotatable bonds is 7. The molecule has 0 aliphatic rings. The highest BCUT2D eigenvalue weighted by Gasteiger charge is 2.12. The fourth-order valence-corrected chi connectivity index (χ4v) is 3.66. The predicted molar refractivity (Wildman–Crippen MR) is 137 cm³/mol. The van der Waals surface area contributed by atoms with Gasteiger partial charge in [0.2, 0.25) is 11.9 Å². The molecule has 1 amide bonds. The molecule has 0 fully saturated rings. The molecule has 0 aliphatic carbocycles. The largest absolute Gasteiger partial charge is 0.356 e. The van der Waals surface area contributed by atoms with Gasteiger partial charge in [0.25, 0.3) is 0 Å². The van der Waals surface area contributed by atoms with E-state index in [0.717, 1.165) is 22.5 Å². The third-order valence-electron chi connectivity index (χ3n) is 5.38. The standard InChI is InChI=1S/C27H24N6O2/c1-17-7-9-19(10-8-17)29-25-15-18(2)28-27(32-25)31-21-13-11-20(12-14-21)30-26(34)16-23-22-5-3-4-6-24(22)35-33-23/h3-15H,16H2,1-2H3,(H,30,34)(H2,28,29,31,32). The number of benzene rings is 3. The summed E-state index contributed by atoms with van der Waals surface area (Å²) in [4.78, 5) is 21.5. The van der Waals surface area contributed by atoms with Crippen molar-refractivity contribution >= 4 is 45.7 Å². The van der Waals surface area contributed by atoms with Crippen molar-refractivity contribution in [3.8, 4) is 0 Å². The van der Waals surface area contributed by atoms with Gasteiger partial charge in [-0.05, 0) is 62.4 Å². The molecule has 0 saturated carbocycles. The lowest BCUT2D eigenvalue weighted by Crippen LogP contribution is -2.14. The molecule has 0 bridgehead atoms. The molecule has 5 rings (SSSR count). The molecule has 5 aromatic rings. The molecule has 3 aromatic carbocycles. The molecule has 0 atom stereocenters. The van der Waals surface area contributed by atoms with Gasteiger partial charge in [0.15, 0.2) is 5.58 Å². The molecule has 0 saturated heterocycles. The second kappa shape index (κ2) is 9.64. The Morgan fingerprint density at radius 3 is 2.31 bits per heavy atom. The number of carbonyl (C=O) groups is 1. The van der Waals surface area contributed by atoms with Crippen molar-refractivity contribution in [2.24, 2.45) is 0 Å². The van der Waals surface area contributed by atoms with Gasteiger partial charge >= 0.3 is 0 Å². The van der Waals surface area contributed by atoms with Crippen molar-refractivity contribution in [3.05, 3.63) is 95.8 Å². The summed E-state index contributed by atoms with van der Waals surface area (Å²) < 4.78 is 5.27. The lowest BCUT2D eigenvalue weighted by Gasteiger charge is -2.11. The Kier molecular flexibility index (Phi) is 6.09. The molecule has 0 aliphatic heterocycles. The first kappa shape index (κ1) is 22.1. The molecule has 8 nitrogen and oxygen atoms in total. The van der Waals surface area contributed by atoms with Gasteiger partial charge in [-0.15, -0.1) is 0 Å². The quantitative estimate of drug-likeness (QED) is 0.275. The minimum atomic E-state index is -0.168. The highest BCUT2D eigenvalue weighted by Crippen LogP contribution is 2.22. The summed E-state index contributed by atoms with van der Waals surface area (Å²) in [6.07, 6.45) is 0.130. The number of nitrogens with one attached hydrogen (secondary N) is 3. The van der Waals surface area contributed by atoms with Gasteiger partial charge in [0.1, 0.15) is 11.5 Å². The van der Waals surface area contributed by atoms with Crippen LogP contribution in [0.4, 0.5) is 28.8 Å². The van der Waals surface area contributed by atoms with Crippen molar-refractivity contribution in [1.82, 2.24) is 15.1 Å². The maximum absolute atomic E-state index is 12.5. The van der Waals surface area contributed by atoms with Crippen LogP contribution in [0, 0.1) is 13.8 Å². The Labute approximate surface area is 202 Å². The first-order valence-corrected chi connectivity index (χ1v) is 11.2. The van der Waals surface area contributed by atoms with Crippen LogP contribution in [0.3, 0.4) is 0 Å². The predicted octanol–water partition coefficient (Wildman–Crippen LogP) is 5.90. The summed E-state index contributed by atoms with van der Waals surface area (Å²) in [6.45, 7) is 3.97. The number of para-hydroxylation sites is 1. The zero-order valence-corrected chi connectivity index (χ0v) is 19.4. The molecule has 2 heterocycles. The molecule has 35 heavy (non-hydrogen) atoms. The Morgan fingerprint density at radius 1 is 0.829 bits per heavy atom. The molecule has 2 aromatic heterocycles. The number of aryl methyl sites for hydroxylation is 2. The van der Waals surface area contributed by atoms with Crippen molar-refractivity contribution in [3.63, 3.8) is 0 Å². The smallest absolute Gasteiger partial charge is 0.230 e. The van der Waals surface area contributed by atoms with E-state index in [2.05, 4.69) is 38.0 Å². The van der Waals surface area contributed by atoms with Crippen LogP contribution in [0.25, 0.3) is 11.0 Å². The van der Waals surface area contributed by atoms with E-state index >= 15 is 0 Å². The number of fused-ring (bicyclic) bond motifs is 1. The zero-order chi connectivity index (χ0) is 24.2. The average Bonchev–Trinajstić information content (AvgIpc) is 3.24. The van der Waals surface area contributed by atoms with Crippen LogP contribution in [0.15, 0.2) is 83.4 Å². The van der Waals surface area contributed by atoms with Crippen LogP contribution < -0.4 is 16.0 Å². The topological polar surface area (TPSA) is 105 Å². The second-order valence-corrected chi connectivity index (χ2v) is 8.26. The maximum Gasteiger partial charge on any atom is 0.230 e. The van der Waals surface area contributed by atoms with Crippen molar-refractivity contribution in [1.29, 1.82) is 0 Å². The fraction of sp³-hybridized carbons (Fsp3) is 0.111. The number of anilines is 5. The minimum Gasteiger partial charge on any atom is -0.356 e. The Bertz CT molecular complexity index is 1480. The molecule has 0 unspecified atom stereocenters. The average molecular weight is 465 g/mol. The highest BCUT2D eigenvalue weighted by atomic mass is 16.5. The van der Waals surface area contributed by atoms with Crippen molar-refractivity contribution in [2.45, 2.75) is 20.3 Å². The van der Waals surface area contributed by atoms with E-state index in [1.807, 2.05) is 85.8 Å². The van der Waals surface area contributed by atoms with E-state index < -0.39 is 0 Å². The van der Waals surface area contributed by atoms with Crippen LogP contribution in [0.2, 0.25) is 0 Å². The molecule has 0 spiro atoms. The number of amides is 1. The first-order chi connectivity index (χ1) is 17.0. The number of hydrogen-bond donors (Lipinski definition) is 3. The summed E-state index contributed by atoms with van der Waals surface area (Å²) in [5.41, 5.74) is 5.75. The second-order valence-electron chi connectivity index (χ2n) is 8.26. The number of carbonyl (C=O) groups excluding carboxylic acids is 1. The third-order valence-corrected chi connectivity index (χ3v) is 5.38. The van der Waals surface area contributed by atoms with Crippen LogP contribution in [-0.2, 0) is 11.2 Å². The molecule has 3 N–H and O–H groups in total. The molecule has 8 heteroatoms. The summed E-state index contributed by atoms with van der Waals surface area (Å²) in [5, 5.41) is 14.3. The van der Waals surface area contributed by atoms with E-state index in [4.69, 9.17) is 4.52 Å². The van der Waals surface area contributed by atoms with E-state index in [1.54, 1.807) is 0 Å². The summed E-state index contributed by atoms with van der Waals surface area (Å²) in [7, 11) is 0. The monoisotopic (exact) mass is 464 g/mol. The van der Waals surface area contributed by atoms with Crippen LogP contribution in [-0.4, -0.2) is 21.0 Å². The molecular formula is C27H24N6O2. The Morgan fingerprint density at radius 2 is 1.51 bits per heavy atom. The lowest BCUT2D eigenvalue weighted by atomic mass is 10.1. The van der Waals surface area contributed by atoms with Gasteiger partial charge in [-0.3, -0.25) is 4.79 Å². The van der Waals surface area contributed by atoms with Crippen LogP contribution >= 0.6 is 0 Å². The Balaban J connectivity index is 1.22. The number of nitrogens with zero attached hydrogens (tertiary/aromatic N) is 3. The first-order valence-electron chi connectivity index (χ1n) is 11.2. The number of aromatic nitrogens is 3. The van der Waals surface area contributed by atoms with Crippen molar-refractivity contribution in [2.75, 3.05) is 16.0 Å². The SMILES string of the molecule is Cc1ccc(Nc2cc(C)nc(Nc3ccc(NC(=O)Cc4noc5ccccc45)cc3)n2)cc1. The van der Waals surface area contributed by atoms with E-state index in [1.165, 1.54) is 5.56 Å². The summed E-state index contributed by atoms with van der Waals surface area (Å²) in [6, 6.07) is 24.9. The van der Waals surface area contributed by atoms with Gasteiger partial charge < -0.3 is 20.5 Å². The van der Waals surface area contributed by atoms with Gasteiger partial charge in [-0.1, -0.05) is 35.0 Å². The van der Waals surface area contributed by atoms with Crippen LogP contribution in [0.5, 0.6) is 0 Å². The summed E-state index contributed by atoms with van der Waals surface area (Å²) >= 11 is 0. The zero-order valence-electron chi connectivity index (χ0n) is 19.4. The fourth-order valence-electron chi connectivity index (χ4n) is 3.66. The molecule has 174 valence electrons. The summed E-state index contributed by atoms with van der Waals surface area (Å²) in [5.74, 6) is 1.01. The normalized spacial score (nSPS) is 10.8. The highest BCUT2D eigenvalue weighted by molar-refractivity contribution is 5.94. The van der Waals surface area contributed by atoms with Gasteiger partial charge in [-0.25, -0.2) is 4.98 Å². The van der Waals surface area contributed by atoms with Gasteiger partial charge in [0.05, 0.1) is 6.42 Å². The molecule has 0 radical (unpaired) electrons. The molecular weight excluding hydrogens is 440 g/mol. The minimum absolute atomic E-state index is 0.130. The van der Waals surface area contributed by atoms with Crippen LogP contribution in [0.1, 0.15) is 17.0 Å². The van der Waals surface area contributed by atoms with Gasteiger partial charge in [-0.2, -0.15) is 4.98 Å². The Hall–Kier alpha value is -4.72. The van der Waals surface area contributed by atoms with Crippen molar-refractivity contribution < 1.29 is 9.32 Å². The van der Waals surface area contributed by atoms with E-state index in [0.29, 0.717) is 28.7 Å².